The summed E-state index contributed by atoms with van der Waals surface area (Å²) < 4.78 is 0. The summed E-state index contributed by atoms with van der Waals surface area (Å²) in [6.45, 7) is 0.253. The molecule has 0 unspecified atom stereocenters. The Morgan fingerprint density at radius 1 is 1.62 bits per heavy atom. The molecule has 7 heteroatoms. The van der Waals surface area contributed by atoms with E-state index in [0.29, 0.717) is 6.42 Å². The molecule has 1 amide bonds. The van der Waals surface area contributed by atoms with Crippen molar-refractivity contribution in [2.24, 2.45) is 5.11 Å². The van der Waals surface area contributed by atoms with Gasteiger partial charge in [-0.1, -0.05) is 5.11 Å². The van der Waals surface area contributed by atoms with Gasteiger partial charge in [0.15, 0.2) is 0 Å². The first-order valence-corrected chi connectivity index (χ1v) is 3.83. The largest absolute Gasteiger partial charge is 0.465 e. The Kier molecular flexibility index (Phi) is 2.94. The summed E-state index contributed by atoms with van der Waals surface area (Å²) in [5, 5.41) is 21.2. The average molecular weight is 186 g/mol. The number of amides is 1. The van der Waals surface area contributed by atoms with Gasteiger partial charge in [-0.3, -0.25) is 0 Å². The van der Waals surface area contributed by atoms with Crippen molar-refractivity contribution in [2.75, 3.05) is 13.1 Å². The van der Waals surface area contributed by atoms with Crippen LogP contribution in [-0.4, -0.2) is 46.4 Å². The zero-order chi connectivity index (χ0) is 9.84. The van der Waals surface area contributed by atoms with E-state index in [1.807, 2.05) is 0 Å². The molecule has 1 heterocycles. The van der Waals surface area contributed by atoms with Gasteiger partial charge in [-0.05, 0) is 12.0 Å². The van der Waals surface area contributed by atoms with E-state index in [1.54, 1.807) is 0 Å². The maximum atomic E-state index is 10.5. The summed E-state index contributed by atoms with van der Waals surface area (Å²) in [4.78, 5) is 14.2. The fraction of sp³-hybridized carbons (Fsp3) is 0.833. The normalized spacial score (nSPS) is 27.9. The number of hydrogen-bond donors (Lipinski definition) is 2. The van der Waals surface area contributed by atoms with Gasteiger partial charge in [0.1, 0.15) is 0 Å². The third kappa shape index (κ3) is 2.50. The first-order chi connectivity index (χ1) is 6.13. The molecule has 0 aromatic carbocycles. The Labute approximate surface area is 74.2 Å². The Morgan fingerprint density at radius 2 is 2.31 bits per heavy atom. The number of hydrogen-bond acceptors (Lipinski definition) is 3. The average Bonchev–Trinajstić information content (AvgIpc) is 2.03. The quantitative estimate of drug-likeness (QED) is 0.351. The zero-order valence-electron chi connectivity index (χ0n) is 6.87. The highest BCUT2D eigenvalue weighted by molar-refractivity contribution is 5.65. The number of aliphatic hydroxyl groups excluding tert-OH is 1. The minimum Gasteiger partial charge on any atom is -0.465 e. The first kappa shape index (κ1) is 9.63. The van der Waals surface area contributed by atoms with E-state index in [1.165, 1.54) is 0 Å². The lowest BCUT2D eigenvalue weighted by molar-refractivity contribution is 0.0577. The molecule has 2 atom stereocenters. The number of piperidine rings is 1. The number of rotatable bonds is 1. The number of aliphatic hydroxyl groups is 1. The molecule has 0 aliphatic carbocycles. The van der Waals surface area contributed by atoms with E-state index in [-0.39, 0.29) is 13.1 Å². The molecule has 0 radical (unpaired) electrons. The van der Waals surface area contributed by atoms with Crippen molar-refractivity contribution in [3.63, 3.8) is 0 Å². The van der Waals surface area contributed by atoms with Crippen LogP contribution >= 0.6 is 0 Å². The number of carboxylic acid groups (broad SMARTS) is 1. The molecule has 0 bridgehead atoms. The molecule has 13 heavy (non-hydrogen) atoms. The molecule has 0 spiro atoms. The molecule has 1 fully saturated rings. The second-order valence-corrected chi connectivity index (χ2v) is 2.94. The van der Waals surface area contributed by atoms with Crippen LogP contribution in [0.2, 0.25) is 0 Å². The summed E-state index contributed by atoms with van der Waals surface area (Å²) >= 11 is 0. The van der Waals surface area contributed by atoms with Crippen molar-refractivity contribution >= 4 is 6.09 Å². The summed E-state index contributed by atoms with van der Waals surface area (Å²) in [5.41, 5.74) is 8.14. The lowest BCUT2D eigenvalue weighted by atomic mass is 10.0. The van der Waals surface area contributed by atoms with Crippen LogP contribution < -0.4 is 0 Å². The van der Waals surface area contributed by atoms with Crippen molar-refractivity contribution in [2.45, 2.75) is 18.6 Å². The first-order valence-electron chi connectivity index (χ1n) is 3.83. The Balaban J connectivity index is 2.62. The van der Waals surface area contributed by atoms with Crippen LogP contribution in [-0.2, 0) is 0 Å². The molecular weight excluding hydrogens is 176 g/mol. The maximum absolute atomic E-state index is 10.5. The predicted octanol–water partition coefficient (Wildman–Crippen LogP) is 0.410. The van der Waals surface area contributed by atoms with Crippen LogP contribution in [0.3, 0.4) is 0 Å². The Morgan fingerprint density at radius 3 is 2.85 bits per heavy atom. The SMILES string of the molecule is [N-]=[N+]=N[C@H]1C[C@H](O)CN(C(=O)O)C1. The fourth-order valence-electron chi connectivity index (χ4n) is 1.36. The minimum atomic E-state index is -1.10. The topological polar surface area (TPSA) is 110 Å². The third-order valence-corrected chi connectivity index (χ3v) is 1.89. The number of β-amino-alcohol motifs (C(OH)–C–C–N with tert-alkyl or cyclic N) is 1. The van der Waals surface area contributed by atoms with Crippen molar-refractivity contribution in [1.82, 2.24) is 4.90 Å². The number of carbonyl (C=O) groups is 1. The zero-order valence-corrected chi connectivity index (χ0v) is 6.87. The van der Waals surface area contributed by atoms with Crippen LogP contribution in [0.1, 0.15) is 6.42 Å². The molecule has 0 aromatic heterocycles. The summed E-state index contributed by atoms with van der Waals surface area (Å²) in [6, 6.07) is -0.454. The van der Waals surface area contributed by atoms with Gasteiger partial charge in [0, 0.05) is 18.0 Å². The van der Waals surface area contributed by atoms with Crippen molar-refractivity contribution < 1.29 is 15.0 Å². The van der Waals surface area contributed by atoms with Crippen LogP contribution in [0.5, 0.6) is 0 Å². The van der Waals surface area contributed by atoms with Crippen LogP contribution in [0.4, 0.5) is 4.79 Å². The Bertz CT molecular complexity index is 240. The van der Waals surface area contributed by atoms with Crippen LogP contribution in [0.15, 0.2) is 5.11 Å². The third-order valence-electron chi connectivity index (χ3n) is 1.89. The minimum absolute atomic E-state index is 0.0901. The van der Waals surface area contributed by atoms with E-state index in [4.69, 9.17) is 10.6 Å². The van der Waals surface area contributed by atoms with Gasteiger partial charge < -0.3 is 15.1 Å². The Hall–Kier alpha value is -1.46. The van der Waals surface area contributed by atoms with Crippen molar-refractivity contribution in [3.05, 3.63) is 10.4 Å². The van der Waals surface area contributed by atoms with Crippen molar-refractivity contribution in [1.29, 1.82) is 0 Å². The second kappa shape index (κ2) is 3.97. The van der Waals surface area contributed by atoms with Gasteiger partial charge in [-0.2, -0.15) is 0 Å². The standard InChI is InChI=1S/C6H10N4O3/c7-9-8-4-1-5(11)3-10(2-4)6(12)13/h4-5,11H,1-3H2,(H,12,13)/t4-,5-/m0/s1. The summed E-state index contributed by atoms with van der Waals surface area (Å²) in [5.74, 6) is 0. The molecule has 0 aromatic rings. The molecule has 1 saturated heterocycles. The van der Waals surface area contributed by atoms with Crippen LogP contribution in [0, 0.1) is 0 Å². The highest BCUT2D eigenvalue weighted by Crippen LogP contribution is 2.13. The highest BCUT2D eigenvalue weighted by Gasteiger charge is 2.27. The number of azide groups is 1. The monoisotopic (exact) mass is 186 g/mol. The maximum Gasteiger partial charge on any atom is 0.407 e. The highest BCUT2D eigenvalue weighted by atomic mass is 16.4. The molecular formula is C6H10N4O3. The van der Waals surface area contributed by atoms with Gasteiger partial charge in [-0.25, -0.2) is 4.79 Å². The van der Waals surface area contributed by atoms with E-state index in [0.717, 1.165) is 4.90 Å². The smallest absolute Gasteiger partial charge is 0.407 e. The van der Waals surface area contributed by atoms with Gasteiger partial charge in [0.05, 0.1) is 12.1 Å². The summed E-state index contributed by atoms with van der Waals surface area (Å²) in [7, 11) is 0. The van der Waals surface area contributed by atoms with E-state index >= 15 is 0 Å². The van der Waals surface area contributed by atoms with E-state index in [2.05, 4.69) is 10.0 Å². The van der Waals surface area contributed by atoms with Crippen molar-refractivity contribution in [3.8, 4) is 0 Å². The molecule has 72 valence electrons. The molecule has 1 aliphatic rings. The van der Waals surface area contributed by atoms with Gasteiger partial charge in [0.2, 0.25) is 0 Å². The van der Waals surface area contributed by atoms with E-state index in [9.17, 15) is 9.90 Å². The molecule has 0 saturated carbocycles. The summed E-state index contributed by atoms with van der Waals surface area (Å²) in [6.07, 6.45) is -1.51. The number of likely N-dealkylation sites (tertiary alicyclic amines) is 1. The van der Waals surface area contributed by atoms with Gasteiger partial charge >= 0.3 is 6.09 Å². The second-order valence-electron chi connectivity index (χ2n) is 2.94. The molecule has 1 rings (SSSR count). The molecule has 1 aliphatic heterocycles. The lowest BCUT2D eigenvalue weighted by Gasteiger charge is -2.31. The van der Waals surface area contributed by atoms with E-state index < -0.39 is 18.2 Å². The van der Waals surface area contributed by atoms with Crippen LogP contribution in [0.25, 0.3) is 10.4 Å². The fourth-order valence-corrected chi connectivity index (χ4v) is 1.36. The van der Waals surface area contributed by atoms with Gasteiger partial charge in [-0.15, -0.1) is 0 Å². The van der Waals surface area contributed by atoms with Gasteiger partial charge in [0.25, 0.3) is 0 Å². The molecule has 7 nitrogen and oxygen atoms in total. The number of nitrogens with zero attached hydrogens (tertiary/aromatic N) is 4. The molecule has 2 N–H and O–H groups in total. The lowest BCUT2D eigenvalue weighted by Crippen LogP contribution is -2.47. The predicted molar refractivity (Wildman–Crippen MR) is 43.2 cm³/mol.